The molecule has 0 unspecified atom stereocenters. The summed E-state index contributed by atoms with van der Waals surface area (Å²) in [5.74, 6) is -2.31. The third-order valence-electron chi connectivity index (χ3n) is 4.99. The molecule has 1 aromatic rings. The number of hydrogen-bond donors (Lipinski definition) is 1. The van der Waals surface area contributed by atoms with Crippen LogP contribution < -0.4 is 5.32 Å². The monoisotopic (exact) mass is 411 g/mol. The van der Waals surface area contributed by atoms with Gasteiger partial charge in [0.25, 0.3) is 0 Å². The first kappa shape index (κ1) is 19.6. The molecule has 1 aliphatic heterocycles. The van der Waals surface area contributed by atoms with E-state index in [1.54, 1.807) is 6.07 Å². The Hall–Kier alpha value is -2.12. The van der Waals surface area contributed by atoms with Gasteiger partial charge in [-0.15, -0.1) is 0 Å². The van der Waals surface area contributed by atoms with Gasteiger partial charge in [-0.25, -0.2) is 9.69 Å². The highest BCUT2D eigenvalue weighted by molar-refractivity contribution is 6.45. The molecule has 1 saturated carbocycles. The Bertz CT molecular complexity index is 814. The molecule has 5 amide bonds. The summed E-state index contributed by atoms with van der Waals surface area (Å²) in [6, 6.07) is 3.48. The quantitative estimate of drug-likeness (QED) is 0.607. The average Bonchev–Trinajstić information content (AvgIpc) is 2.82. The minimum absolute atomic E-state index is 0.129. The van der Waals surface area contributed by atoms with Gasteiger partial charge in [-0.1, -0.05) is 43.0 Å². The number of benzene rings is 1. The third-order valence-corrected chi connectivity index (χ3v) is 5.73. The van der Waals surface area contributed by atoms with E-state index < -0.39 is 30.3 Å². The highest BCUT2D eigenvalue weighted by Gasteiger charge is 2.49. The molecule has 0 spiro atoms. The van der Waals surface area contributed by atoms with Gasteiger partial charge in [0.2, 0.25) is 5.91 Å². The van der Waals surface area contributed by atoms with E-state index >= 15 is 0 Å². The summed E-state index contributed by atoms with van der Waals surface area (Å²) >= 11 is 11.7. The topological polar surface area (TPSA) is 86.8 Å². The summed E-state index contributed by atoms with van der Waals surface area (Å²) in [6.07, 6.45) is 3.51. The van der Waals surface area contributed by atoms with Gasteiger partial charge in [0.1, 0.15) is 6.54 Å². The molecule has 27 heavy (non-hydrogen) atoms. The SMILES string of the molecule is C[C@@H]1CCCC[C@H]1N1C(=O)C(=O)N(CC(=O)Nc2ccc(Cl)c(Cl)c2)C1=O. The van der Waals surface area contributed by atoms with Crippen LogP contribution in [0.3, 0.4) is 0 Å². The molecule has 0 aromatic heterocycles. The maximum atomic E-state index is 12.6. The lowest BCUT2D eigenvalue weighted by Crippen LogP contribution is -2.46. The third kappa shape index (κ3) is 3.94. The number of carbonyl (C=O) groups is 4. The zero-order valence-corrected chi connectivity index (χ0v) is 16.2. The number of halogens is 2. The van der Waals surface area contributed by atoms with Crippen molar-refractivity contribution in [2.75, 3.05) is 11.9 Å². The molecule has 9 heteroatoms. The van der Waals surface area contributed by atoms with E-state index in [0.717, 1.165) is 24.2 Å². The molecule has 1 aliphatic carbocycles. The van der Waals surface area contributed by atoms with Crippen LogP contribution in [0.1, 0.15) is 32.6 Å². The molecule has 1 saturated heterocycles. The Morgan fingerprint density at radius 1 is 1.11 bits per heavy atom. The highest BCUT2D eigenvalue weighted by Crippen LogP contribution is 2.31. The number of urea groups is 1. The molecule has 1 aromatic carbocycles. The smallest absolute Gasteiger partial charge is 0.324 e. The number of imide groups is 2. The number of rotatable bonds is 4. The predicted octanol–water partition coefficient (Wildman–Crippen LogP) is 3.30. The summed E-state index contributed by atoms with van der Waals surface area (Å²) in [6.45, 7) is 1.43. The van der Waals surface area contributed by atoms with E-state index in [9.17, 15) is 19.2 Å². The second kappa shape index (κ2) is 7.86. The fourth-order valence-electron chi connectivity index (χ4n) is 3.55. The van der Waals surface area contributed by atoms with Gasteiger partial charge in [0.05, 0.1) is 10.0 Å². The van der Waals surface area contributed by atoms with E-state index in [1.165, 1.54) is 12.1 Å². The van der Waals surface area contributed by atoms with Gasteiger partial charge in [-0.3, -0.25) is 19.3 Å². The second-order valence-corrected chi connectivity index (χ2v) is 7.67. The number of anilines is 1. The lowest BCUT2D eigenvalue weighted by molar-refractivity contribution is -0.145. The minimum atomic E-state index is -0.970. The summed E-state index contributed by atoms with van der Waals surface area (Å²) in [7, 11) is 0. The van der Waals surface area contributed by atoms with Crippen molar-refractivity contribution < 1.29 is 19.2 Å². The maximum Gasteiger partial charge on any atom is 0.334 e. The summed E-state index contributed by atoms with van der Waals surface area (Å²) in [4.78, 5) is 51.2. The Morgan fingerprint density at radius 3 is 2.48 bits per heavy atom. The van der Waals surface area contributed by atoms with Crippen LogP contribution in [0, 0.1) is 5.92 Å². The normalized spacial score (nSPS) is 23.1. The van der Waals surface area contributed by atoms with Crippen LogP contribution in [0.4, 0.5) is 10.5 Å². The summed E-state index contributed by atoms with van der Waals surface area (Å²) in [5, 5.41) is 3.13. The maximum absolute atomic E-state index is 12.6. The molecule has 7 nitrogen and oxygen atoms in total. The Morgan fingerprint density at radius 2 is 1.81 bits per heavy atom. The Labute approximate surface area is 166 Å². The van der Waals surface area contributed by atoms with E-state index in [-0.39, 0.29) is 17.0 Å². The van der Waals surface area contributed by atoms with Crippen molar-refractivity contribution in [2.45, 2.75) is 38.6 Å². The van der Waals surface area contributed by atoms with E-state index in [4.69, 9.17) is 23.2 Å². The number of nitrogens with one attached hydrogen (secondary N) is 1. The largest absolute Gasteiger partial charge is 0.334 e. The Balaban J connectivity index is 1.70. The summed E-state index contributed by atoms with van der Waals surface area (Å²) < 4.78 is 0. The van der Waals surface area contributed by atoms with Crippen molar-refractivity contribution in [3.8, 4) is 0 Å². The minimum Gasteiger partial charge on any atom is -0.324 e. The van der Waals surface area contributed by atoms with Gasteiger partial charge >= 0.3 is 17.8 Å². The molecule has 144 valence electrons. The average molecular weight is 412 g/mol. The molecule has 2 fully saturated rings. The number of amides is 5. The van der Waals surface area contributed by atoms with Crippen molar-refractivity contribution in [3.05, 3.63) is 28.2 Å². The van der Waals surface area contributed by atoms with Crippen molar-refractivity contribution >= 4 is 52.6 Å². The first-order valence-corrected chi connectivity index (χ1v) is 9.49. The lowest BCUT2D eigenvalue weighted by Gasteiger charge is -2.34. The van der Waals surface area contributed by atoms with Crippen molar-refractivity contribution in [1.29, 1.82) is 0 Å². The molecule has 2 atom stereocenters. The van der Waals surface area contributed by atoms with Crippen LogP contribution in [-0.4, -0.2) is 46.1 Å². The molecule has 2 aliphatic rings. The molecule has 3 rings (SSSR count). The second-order valence-electron chi connectivity index (χ2n) is 6.86. The van der Waals surface area contributed by atoms with E-state index in [0.29, 0.717) is 22.0 Å². The van der Waals surface area contributed by atoms with Crippen LogP contribution in [0.25, 0.3) is 0 Å². The fourth-order valence-corrected chi connectivity index (χ4v) is 3.85. The van der Waals surface area contributed by atoms with Gasteiger partial charge in [0.15, 0.2) is 0 Å². The fraction of sp³-hybridized carbons (Fsp3) is 0.444. The van der Waals surface area contributed by atoms with Gasteiger partial charge < -0.3 is 5.32 Å². The van der Waals surface area contributed by atoms with Crippen LogP contribution in [0.2, 0.25) is 10.0 Å². The van der Waals surface area contributed by atoms with Gasteiger partial charge in [-0.05, 0) is 37.0 Å². The van der Waals surface area contributed by atoms with Crippen molar-refractivity contribution in [1.82, 2.24) is 9.80 Å². The zero-order valence-electron chi connectivity index (χ0n) is 14.7. The molecular weight excluding hydrogens is 393 g/mol. The molecule has 1 N–H and O–H groups in total. The van der Waals surface area contributed by atoms with Crippen molar-refractivity contribution in [3.63, 3.8) is 0 Å². The number of nitrogens with zero attached hydrogens (tertiary/aromatic N) is 2. The van der Waals surface area contributed by atoms with Crippen molar-refractivity contribution in [2.24, 2.45) is 5.92 Å². The van der Waals surface area contributed by atoms with Gasteiger partial charge in [0, 0.05) is 11.7 Å². The van der Waals surface area contributed by atoms with Crippen LogP contribution in [0.15, 0.2) is 18.2 Å². The predicted molar refractivity (Wildman–Crippen MR) is 100 cm³/mol. The molecule has 1 heterocycles. The number of carbonyl (C=O) groups excluding carboxylic acids is 4. The lowest BCUT2D eigenvalue weighted by atomic mass is 9.85. The van der Waals surface area contributed by atoms with Crippen LogP contribution in [-0.2, 0) is 14.4 Å². The summed E-state index contributed by atoms with van der Waals surface area (Å²) in [5.41, 5.74) is 0.373. The first-order chi connectivity index (χ1) is 12.8. The highest BCUT2D eigenvalue weighted by atomic mass is 35.5. The molecule has 0 bridgehead atoms. The molecule has 0 radical (unpaired) electrons. The number of hydrogen-bond acceptors (Lipinski definition) is 4. The Kier molecular flexibility index (Phi) is 5.72. The first-order valence-electron chi connectivity index (χ1n) is 8.73. The zero-order chi connectivity index (χ0) is 19.7. The van der Waals surface area contributed by atoms with Crippen LogP contribution in [0.5, 0.6) is 0 Å². The van der Waals surface area contributed by atoms with Crippen LogP contribution >= 0.6 is 23.2 Å². The van der Waals surface area contributed by atoms with E-state index in [2.05, 4.69) is 5.32 Å². The molecular formula is C18H19Cl2N3O4. The standard InChI is InChI=1S/C18H19Cl2N3O4/c1-10-4-2-3-5-14(10)23-17(26)16(25)22(18(23)27)9-15(24)21-11-6-7-12(19)13(20)8-11/h6-8,10,14H,2-5,9H2,1H3,(H,21,24)/t10-,14-/m1/s1. The van der Waals surface area contributed by atoms with Gasteiger partial charge in [-0.2, -0.15) is 0 Å². The van der Waals surface area contributed by atoms with E-state index in [1.807, 2.05) is 6.92 Å².